The third-order valence-corrected chi connectivity index (χ3v) is 7.08. The summed E-state index contributed by atoms with van der Waals surface area (Å²) >= 11 is 0. The Hall–Kier alpha value is -3.35. The molecule has 1 aliphatic carbocycles. The van der Waals surface area contributed by atoms with E-state index in [4.69, 9.17) is 4.74 Å². The molecule has 7 nitrogen and oxygen atoms in total. The first-order valence-electron chi connectivity index (χ1n) is 14.0. The van der Waals surface area contributed by atoms with Crippen LogP contribution in [-0.4, -0.2) is 40.5 Å². The molecule has 1 aliphatic rings. The SMILES string of the molecule is Cc1ccc(C)c(C(C(=O)Nc2ccccc2C)N(C(=O)C(CC(C)C)NC(=O)OC(C)(C)C)C2CCC2)c1. The van der Waals surface area contributed by atoms with Crippen molar-refractivity contribution in [3.63, 3.8) is 0 Å². The predicted octanol–water partition coefficient (Wildman–Crippen LogP) is 6.61. The number of nitrogens with one attached hydrogen (secondary N) is 2. The van der Waals surface area contributed by atoms with Gasteiger partial charge >= 0.3 is 6.09 Å². The van der Waals surface area contributed by atoms with E-state index in [1.807, 2.05) is 77.1 Å². The van der Waals surface area contributed by atoms with Crippen molar-refractivity contribution in [2.45, 2.75) is 105 Å². The maximum atomic E-state index is 14.4. The van der Waals surface area contributed by atoms with Gasteiger partial charge in [0, 0.05) is 11.7 Å². The van der Waals surface area contributed by atoms with Crippen molar-refractivity contribution in [2.24, 2.45) is 5.92 Å². The molecule has 39 heavy (non-hydrogen) atoms. The number of carbonyl (C=O) groups excluding carboxylic acids is 3. The van der Waals surface area contributed by atoms with Crippen LogP contribution in [0.1, 0.15) is 88.6 Å². The summed E-state index contributed by atoms with van der Waals surface area (Å²) in [7, 11) is 0. The molecule has 3 rings (SSSR count). The molecule has 2 aromatic carbocycles. The normalized spacial score (nSPS) is 15.2. The van der Waals surface area contributed by atoms with Crippen molar-refractivity contribution < 1.29 is 19.1 Å². The summed E-state index contributed by atoms with van der Waals surface area (Å²) in [6.07, 6.45) is 2.40. The molecule has 1 fully saturated rings. The van der Waals surface area contributed by atoms with E-state index >= 15 is 0 Å². The molecule has 0 saturated heterocycles. The van der Waals surface area contributed by atoms with Crippen molar-refractivity contribution in [3.05, 3.63) is 64.7 Å². The Labute approximate surface area is 233 Å². The number of para-hydroxylation sites is 1. The average molecular weight is 536 g/mol. The maximum absolute atomic E-state index is 14.4. The number of carbonyl (C=O) groups is 3. The molecular weight excluding hydrogens is 490 g/mol. The van der Waals surface area contributed by atoms with Crippen LogP contribution in [0.25, 0.3) is 0 Å². The molecule has 2 atom stereocenters. The molecule has 0 radical (unpaired) electrons. The zero-order chi connectivity index (χ0) is 28.9. The molecule has 212 valence electrons. The summed E-state index contributed by atoms with van der Waals surface area (Å²) in [5.41, 5.74) is 3.69. The number of benzene rings is 2. The van der Waals surface area contributed by atoms with Crippen molar-refractivity contribution in [1.82, 2.24) is 10.2 Å². The van der Waals surface area contributed by atoms with Gasteiger partial charge in [-0.15, -0.1) is 0 Å². The van der Waals surface area contributed by atoms with Crippen molar-refractivity contribution in [3.8, 4) is 0 Å². The second kappa shape index (κ2) is 12.7. The third kappa shape index (κ3) is 8.07. The van der Waals surface area contributed by atoms with Gasteiger partial charge in [-0.2, -0.15) is 0 Å². The summed E-state index contributed by atoms with van der Waals surface area (Å²) in [4.78, 5) is 43.1. The number of rotatable bonds is 9. The lowest BCUT2D eigenvalue weighted by Gasteiger charge is -2.44. The van der Waals surface area contributed by atoms with Crippen molar-refractivity contribution in [2.75, 3.05) is 5.32 Å². The predicted molar refractivity (Wildman–Crippen MR) is 156 cm³/mol. The van der Waals surface area contributed by atoms with Crippen LogP contribution in [0.2, 0.25) is 0 Å². The van der Waals surface area contributed by atoms with E-state index in [0.29, 0.717) is 12.1 Å². The number of amides is 3. The lowest BCUT2D eigenvalue weighted by atomic mass is 9.86. The van der Waals surface area contributed by atoms with E-state index < -0.39 is 23.8 Å². The van der Waals surface area contributed by atoms with Gasteiger partial charge in [0.15, 0.2) is 0 Å². The number of anilines is 1. The van der Waals surface area contributed by atoms with E-state index in [0.717, 1.165) is 41.5 Å². The van der Waals surface area contributed by atoms with E-state index in [1.54, 1.807) is 25.7 Å². The Kier molecular flexibility index (Phi) is 9.81. The summed E-state index contributed by atoms with van der Waals surface area (Å²) in [6.45, 7) is 15.3. The largest absolute Gasteiger partial charge is 0.444 e. The monoisotopic (exact) mass is 535 g/mol. The molecule has 0 heterocycles. The van der Waals surface area contributed by atoms with Gasteiger partial charge in [0.25, 0.3) is 5.91 Å². The summed E-state index contributed by atoms with van der Waals surface area (Å²) in [5, 5.41) is 5.93. The van der Waals surface area contributed by atoms with E-state index in [-0.39, 0.29) is 23.8 Å². The van der Waals surface area contributed by atoms with E-state index in [9.17, 15) is 14.4 Å². The Morgan fingerprint density at radius 3 is 2.23 bits per heavy atom. The van der Waals surface area contributed by atoms with Crippen LogP contribution in [-0.2, 0) is 14.3 Å². The van der Waals surface area contributed by atoms with Gasteiger partial charge < -0.3 is 20.3 Å². The highest BCUT2D eigenvalue weighted by molar-refractivity contribution is 5.99. The second-order valence-corrected chi connectivity index (χ2v) is 12.2. The third-order valence-electron chi connectivity index (χ3n) is 7.08. The fourth-order valence-electron chi connectivity index (χ4n) is 4.89. The zero-order valence-corrected chi connectivity index (χ0v) is 24.8. The molecule has 0 aliphatic heterocycles. The van der Waals surface area contributed by atoms with Crippen LogP contribution in [0.3, 0.4) is 0 Å². The fourth-order valence-corrected chi connectivity index (χ4v) is 4.89. The number of alkyl carbamates (subject to hydrolysis) is 1. The lowest BCUT2D eigenvalue weighted by molar-refractivity contribution is -0.146. The quantitative estimate of drug-likeness (QED) is 0.378. The van der Waals surface area contributed by atoms with Crippen LogP contribution in [0, 0.1) is 26.7 Å². The smallest absolute Gasteiger partial charge is 0.408 e. The topological polar surface area (TPSA) is 87.7 Å². The van der Waals surface area contributed by atoms with E-state index in [2.05, 4.69) is 10.6 Å². The molecule has 2 aromatic rings. The van der Waals surface area contributed by atoms with Gasteiger partial charge in [-0.3, -0.25) is 9.59 Å². The molecule has 7 heteroatoms. The van der Waals surface area contributed by atoms with Crippen LogP contribution in [0.5, 0.6) is 0 Å². The Morgan fingerprint density at radius 2 is 1.67 bits per heavy atom. The molecular formula is C32H45N3O4. The minimum atomic E-state index is -0.850. The first-order valence-corrected chi connectivity index (χ1v) is 14.0. The van der Waals surface area contributed by atoms with Gasteiger partial charge in [-0.1, -0.05) is 55.8 Å². The number of nitrogens with zero attached hydrogens (tertiary/aromatic N) is 1. The van der Waals surface area contributed by atoms with Crippen molar-refractivity contribution >= 4 is 23.6 Å². The standard InChI is InChI=1S/C32H45N3O4/c1-20(2)18-27(34-31(38)39-32(6,7)8)30(37)35(24-13-11-14-24)28(25-19-21(3)16-17-22(25)4)29(36)33-26-15-10-9-12-23(26)5/h9-10,12,15-17,19-20,24,27-28H,11,13-14,18H2,1-8H3,(H,33,36)(H,34,38). The number of aryl methyl sites for hydroxylation is 3. The first-order chi connectivity index (χ1) is 18.3. The van der Waals surface area contributed by atoms with Crippen LogP contribution >= 0.6 is 0 Å². The molecule has 2 N–H and O–H groups in total. The van der Waals surface area contributed by atoms with Crippen LogP contribution in [0.4, 0.5) is 10.5 Å². The minimum Gasteiger partial charge on any atom is -0.444 e. The van der Waals surface area contributed by atoms with Gasteiger partial charge in [0.2, 0.25) is 5.91 Å². The average Bonchev–Trinajstić information content (AvgIpc) is 2.78. The van der Waals surface area contributed by atoms with Crippen molar-refractivity contribution in [1.29, 1.82) is 0 Å². The molecule has 1 saturated carbocycles. The number of hydrogen-bond acceptors (Lipinski definition) is 4. The fraction of sp³-hybridized carbons (Fsp3) is 0.531. The Balaban J connectivity index is 2.07. The van der Waals surface area contributed by atoms with Gasteiger partial charge in [0.1, 0.15) is 17.7 Å². The molecule has 2 unspecified atom stereocenters. The van der Waals surface area contributed by atoms with Gasteiger partial charge in [-0.05, 0) is 95.9 Å². The Morgan fingerprint density at radius 1 is 1.00 bits per heavy atom. The van der Waals surface area contributed by atoms with Gasteiger partial charge in [0.05, 0.1) is 0 Å². The molecule has 0 spiro atoms. The number of hydrogen-bond donors (Lipinski definition) is 2. The first kappa shape index (κ1) is 30.2. The molecule has 3 amide bonds. The Bertz CT molecular complexity index is 1180. The highest BCUT2D eigenvalue weighted by atomic mass is 16.6. The van der Waals surface area contributed by atoms with Crippen LogP contribution < -0.4 is 10.6 Å². The minimum absolute atomic E-state index is 0.0971. The molecule has 0 aromatic heterocycles. The lowest BCUT2D eigenvalue weighted by Crippen LogP contribution is -2.57. The van der Waals surface area contributed by atoms with E-state index in [1.165, 1.54) is 0 Å². The summed E-state index contributed by atoms with van der Waals surface area (Å²) in [5.74, 6) is -0.388. The summed E-state index contributed by atoms with van der Waals surface area (Å²) in [6, 6.07) is 11.9. The van der Waals surface area contributed by atoms with Gasteiger partial charge in [-0.25, -0.2) is 4.79 Å². The summed E-state index contributed by atoms with van der Waals surface area (Å²) < 4.78 is 5.50. The molecule has 0 bridgehead atoms. The highest BCUT2D eigenvalue weighted by Gasteiger charge is 2.42. The maximum Gasteiger partial charge on any atom is 0.408 e. The van der Waals surface area contributed by atoms with Crippen LogP contribution in [0.15, 0.2) is 42.5 Å². The highest BCUT2D eigenvalue weighted by Crippen LogP contribution is 2.36. The zero-order valence-electron chi connectivity index (χ0n) is 24.8. The second-order valence-electron chi connectivity index (χ2n) is 12.2. The number of ether oxygens (including phenoxy) is 1.